The van der Waals surface area contributed by atoms with Gasteiger partial charge < -0.3 is 5.32 Å². The second kappa shape index (κ2) is 9.62. The van der Waals surface area contributed by atoms with Gasteiger partial charge in [0.15, 0.2) is 0 Å². The second-order valence-electron chi connectivity index (χ2n) is 6.04. The Balaban J connectivity index is 1.53. The summed E-state index contributed by atoms with van der Waals surface area (Å²) < 4.78 is 0.938. The third-order valence-corrected chi connectivity index (χ3v) is 4.36. The lowest BCUT2D eigenvalue weighted by Gasteiger charge is -2.06. The Labute approximate surface area is 171 Å². The van der Waals surface area contributed by atoms with Gasteiger partial charge in [-0.2, -0.15) is 5.10 Å². The first kappa shape index (κ1) is 19.5. The van der Waals surface area contributed by atoms with Crippen molar-refractivity contribution < 1.29 is 9.59 Å². The Morgan fingerprint density at radius 3 is 2.39 bits per heavy atom. The van der Waals surface area contributed by atoms with E-state index in [2.05, 4.69) is 31.8 Å². The van der Waals surface area contributed by atoms with Crippen LogP contribution in [0.25, 0.3) is 0 Å². The van der Waals surface area contributed by atoms with Crippen LogP contribution in [0.15, 0.2) is 88.4 Å². The van der Waals surface area contributed by atoms with Crippen LogP contribution in [0.1, 0.15) is 21.5 Å². The molecule has 2 N–H and O–H groups in total. The first-order valence-electron chi connectivity index (χ1n) is 8.63. The zero-order valence-corrected chi connectivity index (χ0v) is 16.5. The monoisotopic (exact) mass is 435 g/mol. The SMILES string of the molecule is O=C(Cc1ccccc1)Nc1ccc(C(=O)N/N=C\c2cccc(Br)c2)cc1. The molecule has 0 aromatic heterocycles. The van der Waals surface area contributed by atoms with E-state index >= 15 is 0 Å². The number of rotatable bonds is 6. The number of halogens is 1. The number of hydrogen-bond donors (Lipinski definition) is 2. The Hall–Kier alpha value is -3.25. The fourth-order valence-corrected chi connectivity index (χ4v) is 2.93. The molecule has 140 valence electrons. The van der Waals surface area contributed by atoms with Crippen LogP contribution in [0.4, 0.5) is 5.69 Å². The average Bonchev–Trinajstić information content (AvgIpc) is 2.69. The second-order valence-corrected chi connectivity index (χ2v) is 6.96. The van der Waals surface area contributed by atoms with Gasteiger partial charge in [-0.05, 0) is 47.5 Å². The molecule has 0 bridgehead atoms. The van der Waals surface area contributed by atoms with Crippen LogP contribution in [-0.2, 0) is 11.2 Å². The highest BCUT2D eigenvalue weighted by Gasteiger charge is 2.07. The van der Waals surface area contributed by atoms with Crippen LogP contribution in [0, 0.1) is 0 Å². The number of hydrogen-bond acceptors (Lipinski definition) is 3. The summed E-state index contributed by atoms with van der Waals surface area (Å²) in [4.78, 5) is 24.2. The van der Waals surface area contributed by atoms with Crippen molar-refractivity contribution in [3.8, 4) is 0 Å². The summed E-state index contributed by atoms with van der Waals surface area (Å²) in [6, 6.07) is 23.8. The van der Waals surface area contributed by atoms with Crippen molar-refractivity contribution in [2.75, 3.05) is 5.32 Å². The molecule has 0 radical (unpaired) electrons. The minimum atomic E-state index is -0.326. The van der Waals surface area contributed by atoms with E-state index in [1.54, 1.807) is 30.5 Å². The number of nitrogens with one attached hydrogen (secondary N) is 2. The van der Waals surface area contributed by atoms with Gasteiger partial charge in [0.05, 0.1) is 12.6 Å². The molecule has 2 amide bonds. The van der Waals surface area contributed by atoms with Crippen LogP contribution in [0.3, 0.4) is 0 Å². The van der Waals surface area contributed by atoms with E-state index in [0.717, 1.165) is 15.6 Å². The van der Waals surface area contributed by atoms with E-state index in [4.69, 9.17) is 0 Å². The molecule has 0 heterocycles. The highest BCUT2D eigenvalue weighted by molar-refractivity contribution is 9.10. The molecule has 0 aliphatic rings. The fraction of sp³-hybridized carbons (Fsp3) is 0.0455. The van der Waals surface area contributed by atoms with Crippen molar-refractivity contribution in [3.05, 3.63) is 100 Å². The maximum Gasteiger partial charge on any atom is 0.271 e. The van der Waals surface area contributed by atoms with Gasteiger partial charge in [-0.1, -0.05) is 58.4 Å². The molecule has 0 spiro atoms. The Bertz CT molecular complexity index is 986. The Morgan fingerprint density at radius 2 is 1.68 bits per heavy atom. The van der Waals surface area contributed by atoms with Gasteiger partial charge in [0.25, 0.3) is 5.91 Å². The predicted octanol–water partition coefficient (Wildman–Crippen LogP) is 4.39. The van der Waals surface area contributed by atoms with Gasteiger partial charge in [-0.25, -0.2) is 5.43 Å². The molecule has 0 saturated carbocycles. The smallest absolute Gasteiger partial charge is 0.271 e. The van der Waals surface area contributed by atoms with Crippen molar-refractivity contribution in [1.82, 2.24) is 5.43 Å². The van der Waals surface area contributed by atoms with Crippen molar-refractivity contribution in [2.24, 2.45) is 5.10 Å². The summed E-state index contributed by atoms with van der Waals surface area (Å²) in [5, 5.41) is 6.78. The highest BCUT2D eigenvalue weighted by atomic mass is 79.9. The van der Waals surface area contributed by atoms with E-state index in [-0.39, 0.29) is 11.8 Å². The molecule has 0 aliphatic carbocycles. The molecule has 28 heavy (non-hydrogen) atoms. The number of anilines is 1. The van der Waals surface area contributed by atoms with Gasteiger partial charge in [-0.3, -0.25) is 9.59 Å². The Kier molecular flexibility index (Phi) is 6.70. The van der Waals surface area contributed by atoms with E-state index in [1.807, 2.05) is 54.6 Å². The topological polar surface area (TPSA) is 70.6 Å². The van der Waals surface area contributed by atoms with Crippen LogP contribution in [0.2, 0.25) is 0 Å². The number of carbonyl (C=O) groups excluding carboxylic acids is 2. The fourth-order valence-electron chi connectivity index (χ4n) is 2.51. The normalized spacial score (nSPS) is 10.6. The van der Waals surface area contributed by atoms with Crippen LogP contribution in [-0.4, -0.2) is 18.0 Å². The Morgan fingerprint density at radius 1 is 0.929 bits per heavy atom. The average molecular weight is 436 g/mol. The van der Waals surface area contributed by atoms with Crippen LogP contribution < -0.4 is 10.7 Å². The standard InChI is InChI=1S/C22H18BrN3O2/c23-19-8-4-7-17(13-19)15-24-26-22(28)18-9-11-20(12-10-18)25-21(27)14-16-5-2-1-3-6-16/h1-13,15H,14H2,(H,25,27)(H,26,28)/b24-15-. The molecule has 3 aromatic rings. The van der Waals surface area contributed by atoms with E-state index in [9.17, 15) is 9.59 Å². The lowest BCUT2D eigenvalue weighted by Crippen LogP contribution is -2.18. The summed E-state index contributed by atoms with van der Waals surface area (Å²) in [7, 11) is 0. The highest BCUT2D eigenvalue weighted by Crippen LogP contribution is 2.11. The van der Waals surface area contributed by atoms with Gasteiger partial charge >= 0.3 is 0 Å². The third kappa shape index (κ3) is 5.89. The largest absolute Gasteiger partial charge is 0.326 e. The molecule has 3 rings (SSSR count). The van der Waals surface area contributed by atoms with Crippen molar-refractivity contribution in [3.63, 3.8) is 0 Å². The molecular formula is C22H18BrN3O2. The van der Waals surface area contributed by atoms with Gasteiger partial charge in [0.2, 0.25) is 5.91 Å². The summed E-state index contributed by atoms with van der Waals surface area (Å²) in [5.74, 6) is -0.435. The molecule has 0 aliphatic heterocycles. The lowest BCUT2D eigenvalue weighted by molar-refractivity contribution is -0.115. The molecular weight excluding hydrogens is 418 g/mol. The predicted molar refractivity (Wildman–Crippen MR) is 114 cm³/mol. The van der Waals surface area contributed by atoms with Crippen LogP contribution >= 0.6 is 15.9 Å². The van der Waals surface area contributed by atoms with Gasteiger partial charge in [0.1, 0.15) is 0 Å². The van der Waals surface area contributed by atoms with Gasteiger partial charge in [0, 0.05) is 15.7 Å². The number of nitrogens with zero attached hydrogens (tertiary/aromatic N) is 1. The van der Waals surface area contributed by atoms with E-state index in [0.29, 0.717) is 17.7 Å². The number of hydrazone groups is 1. The lowest BCUT2D eigenvalue weighted by atomic mass is 10.1. The molecule has 0 saturated heterocycles. The minimum Gasteiger partial charge on any atom is -0.326 e. The molecule has 6 heteroatoms. The zero-order chi connectivity index (χ0) is 19.8. The molecule has 5 nitrogen and oxygen atoms in total. The molecule has 3 aromatic carbocycles. The van der Waals surface area contributed by atoms with E-state index in [1.165, 1.54) is 0 Å². The maximum atomic E-state index is 12.2. The number of carbonyl (C=O) groups is 2. The quantitative estimate of drug-likeness (QED) is 0.445. The zero-order valence-electron chi connectivity index (χ0n) is 14.9. The van der Waals surface area contributed by atoms with Crippen molar-refractivity contribution >= 4 is 39.6 Å². The number of amides is 2. The summed E-state index contributed by atoms with van der Waals surface area (Å²) in [5.41, 5.74) is 5.38. The minimum absolute atomic E-state index is 0.109. The first-order chi connectivity index (χ1) is 13.6. The number of benzene rings is 3. The van der Waals surface area contributed by atoms with Crippen molar-refractivity contribution in [2.45, 2.75) is 6.42 Å². The summed E-state index contributed by atoms with van der Waals surface area (Å²) in [6.07, 6.45) is 1.87. The molecule has 0 unspecified atom stereocenters. The maximum absolute atomic E-state index is 12.2. The van der Waals surface area contributed by atoms with Gasteiger partial charge in [-0.15, -0.1) is 0 Å². The first-order valence-corrected chi connectivity index (χ1v) is 9.42. The van der Waals surface area contributed by atoms with Crippen LogP contribution in [0.5, 0.6) is 0 Å². The molecule has 0 atom stereocenters. The van der Waals surface area contributed by atoms with Crippen molar-refractivity contribution in [1.29, 1.82) is 0 Å². The summed E-state index contributed by atoms with van der Waals surface area (Å²) >= 11 is 3.38. The van der Waals surface area contributed by atoms with E-state index < -0.39 is 0 Å². The third-order valence-electron chi connectivity index (χ3n) is 3.87. The molecule has 0 fully saturated rings. The summed E-state index contributed by atoms with van der Waals surface area (Å²) in [6.45, 7) is 0.